The smallest absolute Gasteiger partial charge is 0.196 e. The van der Waals surface area contributed by atoms with Crippen LogP contribution >= 0.6 is 0 Å². The second kappa shape index (κ2) is 4.37. The highest BCUT2D eigenvalue weighted by atomic mass is 32.2. The predicted molar refractivity (Wildman–Crippen MR) is 78.0 cm³/mol. The molecule has 0 bridgehead atoms. The SMILES string of the molecule is COc1ccccc1N1C(N)=NCC12CCS(=O)(=O)C2. The molecule has 6 nitrogen and oxygen atoms in total. The first-order valence-corrected chi connectivity index (χ1v) is 8.23. The van der Waals surface area contributed by atoms with Crippen molar-refractivity contribution in [1.82, 2.24) is 0 Å². The van der Waals surface area contributed by atoms with Gasteiger partial charge < -0.3 is 15.4 Å². The summed E-state index contributed by atoms with van der Waals surface area (Å²) in [6.45, 7) is 0.413. The van der Waals surface area contributed by atoms with Gasteiger partial charge in [-0.25, -0.2) is 8.42 Å². The monoisotopic (exact) mass is 295 g/mol. The Morgan fingerprint density at radius 2 is 2.15 bits per heavy atom. The summed E-state index contributed by atoms with van der Waals surface area (Å²) in [6, 6.07) is 7.45. The van der Waals surface area contributed by atoms with Gasteiger partial charge in [0, 0.05) is 0 Å². The Kier molecular flexibility index (Phi) is 2.89. The number of guanidine groups is 1. The van der Waals surface area contributed by atoms with Crippen molar-refractivity contribution in [3.8, 4) is 5.75 Å². The molecule has 1 aromatic rings. The number of nitrogens with two attached hydrogens (primary N) is 1. The maximum absolute atomic E-state index is 11.9. The zero-order valence-electron chi connectivity index (χ0n) is 11.2. The number of rotatable bonds is 2. The van der Waals surface area contributed by atoms with Gasteiger partial charge >= 0.3 is 0 Å². The summed E-state index contributed by atoms with van der Waals surface area (Å²) >= 11 is 0. The van der Waals surface area contributed by atoms with E-state index in [0.717, 1.165) is 5.69 Å². The molecule has 1 saturated heterocycles. The lowest BCUT2D eigenvalue weighted by atomic mass is 9.97. The minimum absolute atomic E-state index is 0.0856. The Balaban J connectivity index is 2.08. The molecule has 1 atom stereocenters. The number of ether oxygens (including phenoxy) is 1. The van der Waals surface area contributed by atoms with Crippen LogP contribution in [0, 0.1) is 0 Å². The van der Waals surface area contributed by atoms with Crippen molar-refractivity contribution in [2.24, 2.45) is 10.7 Å². The molecule has 0 saturated carbocycles. The van der Waals surface area contributed by atoms with Crippen LogP contribution in [-0.2, 0) is 9.84 Å². The minimum Gasteiger partial charge on any atom is -0.495 e. The van der Waals surface area contributed by atoms with Gasteiger partial charge in [0.05, 0.1) is 36.4 Å². The molecule has 3 rings (SSSR count). The van der Waals surface area contributed by atoms with E-state index in [1.54, 1.807) is 7.11 Å². The van der Waals surface area contributed by atoms with Gasteiger partial charge in [-0.3, -0.25) is 4.99 Å². The molecule has 108 valence electrons. The normalized spacial score (nSPS) is 27.9. The number of anilines is 1. The minimum atomic E-state index is -3.03. The van der Waals surface area contributed by atoms with Gasteiger partial charge in [-0.05, 0) is 18.6 Å². The van der Waals surface area contributed by atoms with Crippen molar-refractivity contribution in [3.05, 3.63) is 24.3 Å². The van der Waals surface area contributed by atoms with Crippen LogP contribution in [0.4, 0.5) is 5.69 Å². The van der Waals surface area contributed by atoms with Gasteiger partial charge in [0.2, 0.25) is 0 Å². The molecule has 2 aliphatic rings. The quantitative estimate of drug-likeness (QED) is 0.853. The second-order valence-corrected chi connectivity index (χ2v) is 7.43. The Morgan fingerprint density at radius 3 is 2.80 bits per heavy atom. The summed E-state index contributed by atoms with van der Waals surface area (Å²) in [4.78, 5) is 6.10. The molecule has 2 aliphatic heterocycles. The molecule has 20 heavy (non-hydrogen) atoms. The number of para-hydroxylation sites is 2. The van der Waals surface area contributed by atoms with Crippen LogP contribution in [0.5, 0.6) is 5.75 Å². The van der Waals surface area contributed by atoms with Crippen LogP contribution < -0.4 is 15.4 Å². The summed E-state index contributed by atoms with van der Waals surface area (Å²) in [7, 11) is -1.45. The highest BCUT2D eigenvalue weighted by Crippen LogP contribution is 2.40. The van der Waals surface area contributed by atoms with Crippen LogP contribution in [0.2, 0.25) is 0 Å². The van der Waals surface area contributed by atoms with E-state index in [4.69, 9.17) is 10.5 Å². The summed E-state index contributed by atoms with van der Waals surface area (Å²) in [5.41, 5.74) is 6.21. The standard InChI is InChI=1S/C13H17N3O3S/c1-19-11-5-3-2-4-10(11)16-12(14)15-8-13(16)6-7-20(17,18)9-13/h2-5H,6-9H2,1H3,(H2,14,15). The van der Waals surface area contributed by atoms with E-state index >= 15 is 0 Å². The fourth-order valence-electron chi connectivity index (χ4n) is 3.01. The first-order chi connectivity index (χ1) is 9.47. The Hall–Kier alpha value is -1.76. The van der Waals surface area contributed by atoms with Crippen molar-refractivity contribution in [3.63, 3.8) is 0 Å². The molecular formula is C13H17N3O3S. The Bertz CT molecular complexity index is 671. The molecule has 7 heteroatoms. The largest absolute Gasteiger partial charge is 0.495 e. The van der Waals surface area contributed by atoms with E-state index < -0.39 is 15.4 Å². The first-order valence-electron chi connectivity index (χ1n) is 6.41. The Labute approximate surface area is 118 Å². The average Bonchev–Trinajstić information content (AvgIpc) is 2.90. The molecule has 0 radical (unpaired) electrons. The highest BCUT2D eigenvalue weighted by molar-refractivity contribution is 7.91. The second-order valence-electron chi connectivity index (χ2n) is 5.25. The van der Waals surface area contributed by atoms with Crippen molar-refractivity contribution in [1.29, 1.82) is 0 Å². The maximum Gasteiger partial charge on any atom is 0.196 e. The van der Waals surface area contributed by atoms with Gasteiger partial charge in [-0.2, -0.15) is 0 Å². The van der Waals surface area contributed by atoms with E-state index in [9.17, 15) is 8.42 Å². The lowest BCUT2D eigenvalue weighted by Crippen LogP contribution is -2.53. The van der Waals surface area contributed by atoms with E-state index in [1.165, 1.54) is 0 Å². The predicted octanol–water partition coefficient (Wildman–Crippen LogP) is 0.387. The van der Waals surface area contributed by atoms with Crippen molar-refractivity contribution < 1.29 is 13.2 Å². The fourth-order valence-corrected chi connectivity index (χ4v) is 5.02. The number of hydrogen-bond donors (Lipinski definition) is 1. The summed E-state index contributed by atoms with van der Waals surface area (Å²) < 4.78 is 29.1. The van der Waals surface area contributed by atoms with Crippen LogP contribution in [0.3, 0.4) is 0 Å². The van der Waals surface area contributed by atoms with Crippen LogP contribution in [-0.4, -0.2) is 45.1 Å². The molecular weight excluding hydrogens is 278 g/mol. The number of sulfone groups is 1. The summed E-state index contributed by atoms with van der Waals surface area (Å²) in [5, 5.41) is 0. The lowest BCUT2D eigenvalue weighted by molar-refractivity contribution is 0.411. The maximum atomic E-state index is 11.9. The lowest BCUT2D eigenvalue weighted by Gasteiger charge is -2.35. The molecule has 2 N–H and O–H groups in total. The number of nitrogens with zero attached hydrogens (tertiary/aromatic N) is 2. The molecule has 0 aliphatic carbocycles. The fraction of sp³-hybridized carbons (Fsp3) is 0.462. The average molecular weight is 295 g/mol. The molecule has 1 spiro atoms. The van der Waals surface area contributed by atoms with Crippen molar-refractivity contribution in [2.75, 3.05) is 30.1 Å². The highest BCUT2D eigenvalue weighted by Gasteiger charge is 2.51. The summed E-state index contributed by atoms with van der Waals surface area (Å²) in [6.07, 6.45) is 0.539. The van der Waals surface area contributed by atoms with Crippen molar-refractivity contribution in [2.45, 2.75) is 12.0 Å². The third-order valence-corrected chi connectivity index (χ3v) is 5.74. The number of methoxy groups -OCH3 is 1. The van der Waals surface area contributed by atoms with Crippen LogP contribution in [0.25, 0.3) is 0 Å². The molecule has 0 aromatic heterocycles. The molecule has 0 amide bonds. The third-order valence-electron chi connectivity index (χ3n) is 3.93. The number of hydrogen-bond acceptors (Lipinski definition) is 6. The van der Waals surface area contributed by atoms with Crippen molar-refractivity contribution >= 4 is 21.5 Å². The van der Waals surface area contributed by atoms with Gasteiger partial charge in [-0.15, -0.1) is 0 Å². The number of aliphatic imine (C=N–C) groups is 1. The van der Waals surface area contributed by atoms with E-state index in [0.29, 0.717) is 24.7 Å². The van der Waals surface area contributed by atoms with E-state index in [2.05, 4.69) is 4.99 Å². The van der Waals surface area contributed by atoms with E-state index in [-0.39, 0.29) is 11.5 Å². The van der Waals surface area contributed by atoms with Crippen LogP contribution in [0.15, 0.2) is 29.3 Å². The topological polar surface area (TPSA) is 85.0 Å². The van der Waals surface area contributed by atoms with Gasteiger partial charge in [-0.1, -0.05) is 12.1 Å². The van der Waals surface area contributed by atoms with Crippen LogP contribution in [0.1, 0.15) is 6.42 Å². The van der Waals surface area contributed by atoms with Gasteiger partial charge in [0.25, 0.3) is 0 Å². The molecule has 1 aromatic carbocycles. The molecule has 1 unspecified atom stereocenters. The van der Waals surface area contributed by atoms with Gasteiger partial charge in [0.1, 0.15) is 5.75 Å². The zero-order valence-corrected chi connectivity index (χ0v) is 12.1. The third kappa shape index (κ3) is 1.93. The van der Waals surface area contributed by atoms with Gasteiger partial charge in [0.15, 0.2) is 15.8 Å². The molecule has 1 fully saturated rings. The molecule has 2 heterocycles. The zero-order chi connectivity index (χ0) is 14.4. The first kappa shape index (κ1) is 13.2. The Morgan fingerprint density at radius 1 is 1.40 bits per heavy atom. The van der Waals surface area contributed by atoms with E-state index in [1.807, 2.05) is 29.2 Å². The summed E-state index contributed by atoms with van der Waals surface area (Å²) in [5.74, 6) is 1.28. The number of benzene rings is 1.